The van der Waals surface area contributed by atoms with Gasteiger partial charge in [-0.3, -0.25) is 4.79 Å². The number of hydrogen-bond acceptors (Lipinski definition) is 3. The van der Waals surface area contributed by atoms with Crippen LogP contribution in [0.3, 0.4) is 0 Å². The molecule has 27 heavy (non-hydrogen) atoms. The number of carbonyl (C=O) groups excluding carboxylic acids is 1. The third-order valence-electron chi connectivity index (χ3n) is 4.62. The van der Waals surface area contributed by atoms with Gasteiger partial charge in [-0.15, -0.1) is 0 Å². The molecule has 0 aliphatic rings. The fourth-order valence-corrected chi connectivity index (χ4v) is 3.17. The molecule has 0 atom stereocenters. The van der Waals surface area contributed by atoms with Gasteiger partial charge in [-0.05, 0) is 55.5 Å². The maximum Gasteiger partial charge on any atom is 0.224 e. The first-order valence-electron chi connectivity index (χ1n) is 9.69. The van der Waals surface area contributed by atoms with Crippen molar-refractivity contribution in [3.63, 3.8) is 0 Å². The van der Waals surface area contributed by atoms with E-state index in [2.05, 4.69) is 28.7 Å². The number of anilines is 1. The van der Waals surface area contributed by atoms with Crippen molar-refractivity contribution < 1.29 is 4.79 Å². The van der Waals surface area contributed by atoms with E-state index in [1.165, 1.54) is 0 Å². The minimum atomic E-state index is 0.0450. The van der Waals surface area contributed by atoms with Gasteiger partial charge in [0.25, 0.3) is 0 Å². The summed E-state index contributed by atoms with van der Waals surface area (Å²) in [5.41, 5.74) is 3.87. The molecule has 0 radical (unpaired) electrons. The van der Waals surface area contributed by atoms with Gasteiger partial charge in [-0.1, -0.05) is 26.0 Å². The zero-order chi connectivity index (χ0) is 19.2. The lowest BCUT2D eigenvalue weighted by atomic mass is 10.1. The number of nitrogens with one attached hydrogen (secondary N) is 1. The summed E-state index contributed by atoms with van der Waals surface area (Å²) >= 11 is 0. The van der Waals surface area contributed by atoms with Gasteiger partial charge >= 0.3 is 0 Å². The Hall–Kier alpha value is -2.69. The lowest BCUT2D eigenvalue weighted by Crippen LogP contribution is -2.12. The van der Waals surface area contributed by atoms with Crippen LogP contribution >= 0.6 is 0 Å². The van der Waals surface area contributed by atoms with Gasteiger partial charge in [0.1, 0.15) is 11.3 Å². The Morgan fingerprint density at radius 3 is 2.85 bits per heavy atom. The molecular weight excluding hydrogens is 336 g/mol. The largest absolute Gasteiger partial charge is 0.326 e. The number of nitrogens with zero attached hydrogens (tertiary/aromatic N) is 3. The number of rotatable bonds is 8. The molecule has 3 rings (SSSR count). The normalized spacial score (nSPS) is 11.3. The first-order valence-corrected chi connectivity index (χ1v) is 9.69. The van der Waals surface area contributed by atoms with Gasteiger partial charge in [-0.2, -0.15) is 0 Å². The van der Waals surface area contributed by atoms with E-state index in [4.69, 9.17) is 4.98 Å². The Kier molecular flexibility index (Phi) is 6.22. The average molecular weight is 364 g/mol. The maximum atomic E-state index is 12.2. The van der Waals surface area contributed by atoms with Crippen LogP contribution in [0.25, 0.3) is 11.2 Å². The van der Waals surface area contributed by atoms with Crippen LogP contribution in [0.2, 0.25) is 0 Å². The summed E-state index contributed by atoms with van der Waals surface area (Å²) in [6.45, 7) is 7.38. The van der Waals surface area contributed by atoms with Crippen LogP contribution < -0.4 is 5.32 Å². The molecule has 1 N–H and O–H groups in total. The van der Waals surface area contributed by atoms with Crippen molar-refractivity contribution in [2.75, 3.05) is 5.32 Å². The Morgan fingerprint density at radius 1 is 1.22 bits per heavy atom. The van der Waals surface area contributed by atoms with E-state index in [1.54, 1.807) is 0 Å². The van der Waals surface area contributed by atoms with Gasteiger partial charge < -0.3 is 9.88 Å². The van der Waals surface area contributed by atoms with Crippen LogP contribution in [0.4, 0.5) is 5.69 Å². The number of aromatic nitrogens is 3. The zero-order valence-electron chi connectivity index (χ0n) is 16.4. The molecule has 142 valence electrons. The van der Waals surface area contributed by atoms with Crippen LogP contribution in [-0.2, 0) is 17.8 Å². The average Bonchev–Trinajstić information content (AvgIpc) is 2.97. The highest BCUT2D eigenvalue weighted by molar-refractivity contribution is 5.90. The summed E-state index contributed by atoms with van der Waals surface area (Å²) < 4.78 is 2.22. The molecule has 0 spiro atoms. The predicted octanol–water partition coefficient (Wildman–Crippen LogP) is 4.75. The SMILES string of the molecule is Cc1cccc(NC(=O)CCCc2nc3cccnc3n2CCC(C)C)c1. The summed E-state index contributed by atoms with van der Waals surface area (Å²) in [5, 5.41) is 2.97. The van der Waals surface area contributed by atoms with Crippen molar-refractivity contribution in [2.45, 2.75) is 53.0 Å². The second kappa shape index (κ2) is 8.80. The molecule has 2 heterocycles. The fraction of sp³-hybridized carbons (Fsp3) is 0.409. The van der Waals surface area contributed by atoms with Gasteiger partial charge in [0.2, 0.25) is 5.91 Å². The van der Waals surface area contributed by atoms with Crippen molar-refractivity contribution in [2.24, 2.45) is 5.92 Å². The third-order valence-corrected chi connectivity index (χ3v) is 4.62. The van der Waals surface area contributed by atoms with Crippen molar-refractivity contribution >= 4 is 22.8 Å². The summed E-state index contributed by atoms with van der Waals surface area (Å²) in [7, 11) is 0. The van der Waals surface area contributed by atoms with Gasteiger partial charge in [0, 0.05) is 31.3 Å². The molecule has 5 heteroatoms. The smallest absolute Gasteiger partial charge is 0.224 e. The van der Waals surface area contributed by atoms with Gasteiger partial charge in [-0.25, -0.2) is 9.97 Å². The van der Waals surface area contributed by atoms with E-state index in [0.717, 1.165) is 54.0 Å². The number of aryl methyl sites for hydroxylation is 3. The minimum Gasteiger partial charge on any atom is -0.326 e. The second-order valence-corrected chi connectivity index (χ2v) is 7.48. The number of benzene rings is 1. The summed E-state index contributed by atoms with van der Waals surface area (Å²) in [5.74, 6) is 1.69. The van der Waals surface area contributed by atoms with Gasteiger partial charge in [0.15, 0.2) is 5.65 Å². The van der Waals surface area contributed by atoms with E-state index in [0.29, 0.717) is 12.3 Å². The number of hydrogen-bond donors (Lipinski definition) is 1. The van der Waals surface area contributed by atoms with Crippen LogP contribution in [0.15, 0.2) is 42.6 Å². The molecule has 2 aromatic heterocycles. The van der Waals surface area contributed by atoms with Gasteiger partial charge in [0.05, 0.1) is 0 Å². The lowest BCUT2D eigenvalue weighted by molar-refractivity contribution is -0.116. The monoisotopic (exact) mass is 364 g/mol. The number of carbonyl (C=O) groups is 1. The summed E-state index contributed by atoms with van der Waals surface area (Å²) in [6.07, 6.45) is 4.92. The predicted molar refractivity (Wildman–Crippen MR) is 110 cm³/mol. The molecule has 1 aromatic carbocycles. The number of pyridine rings is 1. The molecule has 0 saturated carbocycles. The van der Waals surface area contributed by atoms with Crippen LogP contribution in [0.1, 0.15) is 44.5 Å². The first kappa shape index (κ1) is 19.1. The quantitative estimate of drug-likeness (QED) is 0.627. The lowest BCUT2D eigenvalue weighted by Gasteiger charge is -2.10. The first-order chi connectivity index (χ1) is 13.0. The third kappa shape index (κ3) is 5.16. The highest BCUT2D eigenvalue weighted by atomic mass is 16.1. The van der Waals surface area contributed by atoms with Crippen molar-refractivity contribution in [1.29, 1.82) is 0 Å². The van der Waals surface area contributed by atoms with Crippen LogP contribution in [0.5, 0.6) is 0 Å². The highest BCUT2D eigenvalue weighted by Gasteiger charge is 2.12. The maximum absolute atomic E-state index is 12.2. The van der Waals surface area contributed by atoms with Crippen LogP contribution in [0, 0.1) is 12.8 Å². The van der Waals surface area contributed by atoms with Crippen molar-refractivity contribution in [1.82, 2.24) is 14.5 Å². The Bertz CT molecular complexity index is 914. The molecule has 0 bridgehead atoms. The molecule has 5 nitrogen and oxygen atoms in total. The highest BCUT2D eigenvalue weighted by Crippen LogP contribution is 2.18. The Morgan fingerprint density at radius 2 is 2.07 bits per heavy atom. The van der Waals surface area contributed by atoms with E-state index in [1.807, 2.05) is 49.5 Å². The number of imidazole rings is 1. The second-order valence-electron chi connectivity index (χ2n) is 7.48. The molecule has 0 aliphatic carbocycles. The molecule has 0 fully saturated rings. The summed E-state index contributed by atoms with van der Waals surface area (Å²) in [6, 6.07) is 11.8. The standard InChI is InChI=1S/C22H28N4O/c1-16(2)12-14-26-20(25-19-9-6-13-23-22(19)26)10-5-11-21(27)24-18-8-4-7-17(3)15-18/h4,6-9,13,15-16H,5,10-12,14H2,1-3H3,(H,24,27). The topological polar surface area (TPSA) is 59.8 Å². The Balaban J connectivity index is 1.62. The van der Waals surface area contributed by atoms with Crippen molar-refractivity contribution in [3.05, 3.63) is 54.0 Å². The van der Waals surface area contributed by atoms with E-state index in [-0.39, 0.29) is 5.91 Å². The summed E-state index contributed by atoms with van der Waals surface area (Å²) in [4.78, 5) is 21.5. The van der Waals surface area contributed by atoms with Crippen molar-refractivity contribution in [3.8, 4) is 0 Å². The molecule has 0 aliphatic heterocycles. The number of fused-ring (bicyclic) bond motifs is 1. The van der Waals surface area contributed by atoms with E-state index in [9.17, 15) is 4.79 Å². The number of amides is 1. The molecular formula is C22H28N4O. The molecule has 1 amide bonds. The van der Waals surface area contributed by atoms with E-state index >= 15 is 0 Å². The molecule has 0 saturated heterocycles. The zero-order valence-corrected chi connectivity index (χ0v) is 16.4. The minimum absolute atomic E-state index is 0.0450. The van der Waals surface area contributed by atoms with E-state index < -0.39 is 0 Å². The fourth-order valence-electron chi connectivity index (χ4n) is 3.17. The molecule has 3 aromatic rings. The molecule has 0 unspecified atom stereocenters. The Labute approximate surface area is 160 Å². The van der Waals surface area contributed by atoms with Crippen LogP contribution in [-0.4, -0.2) is 20.4 Å².